The molecule has 0 atom stereocenters. The zero-order chi connectivity index (χ0) is 10.1. The van der Waals surface area contributed by atoms with E-state index in [0.29, 0.717) is 12.1 Å². The largest absolute Gasteiger partial charge is 0.329 e. The van der Waals surface area contributed by atoms with Crippen LogP contribution < -0.4 is 5.73 Å². The molecule has 12 heavy (non-hydrogen) atoms. The molecule has 0 aromatic heterocycles. The molecule has 2 nitrogen and oxygen atoms in total. The van der Waals surface area contributed by atoms with Gasteiger partial charge >= 0.3 is 0 Å². The fourth-order valence-electron chi connectivity index (χ4n) is 1.26. The second-order valence-corrected chi connectivity index (χ2v) is 3.21. The molecule has 0 rings (SSSR count). The van der Waals surface area contributed by atoms with E-state index in [9.17, 15) is 0 Å². The van der Waals surface area contributed by atoms with E-state index in [2.05, 4.69) is 32.6 Å². The van der Waals surface area contributed by atoms with E-state index in [1.807, 2.05) is 13.8 Å². The van der Waals surface area contributed by atoms with Crippen LogP contribution in [0.3, 0.4) is 0 Å². The molecule has 0 fully saturated rings. The van der Waals surface area contributed by atoms with Crippen LogP contribution in [0.5, 0.6) is 0 Å². The first-order valence-corrected chi connectivity index (χ1v) is 5.05. The maximum absolute atomic E-state index is 5.46. The van der Waals surface area contributed by atoms with Crippen LogP contribution in [0.25, 0.3) is 0 Å². The summed E-state index contributed by atoms with van der Waals surface area (Å²) >= 11 is 0. The summed E-state index contributed by atoms with van der Waals surface area (Å²) in [6.07, 6.45) is 0. The van der Waals surface area contributed by atoms with Gasteiger partial charge < -0.3 is 5.73 Å². The van der Waals surface area contributed by atoms with Crippen molar-refractivity contribution in [3.8, 4) is 0 Å². The van der Waals surface area contributed by atoms with Crippen LogP contribution in [-0.4, -0.2) is 30.1 Å². The second-order valence-electron chi connectivity index (χ2n) is 3.21. The Morgan fingerprint density at radius 2 is 1.33 bits per heavy atom. The van der Waals surface area contributed by atoms with Gasteiger partial charge in [-0.05, 0) is 27.7 Å². The normalized spacial score (nSPS) is 10.5. The predicted molar refractivity (Wildman–Crippen MR) is 57.4 cm³/mol. The zero-order valence-electron chi connectivity index (χ0n) is 9.59. The number of hydrogen-bond acceptors (Lipinski definition) is 2. The van der Waals surface area contributed by atoms with Crippen molar-refractivity contribution in [3.63, 3.8) is 0 Å². The molecule has 0 heterocycles. The van der Waals surface area contributed by atoms with Crippen LogP contribution in [-0.2, 0) is 0 Å². The van der Waals surface area contributed by atoms with E-state index >= 15 is 0 Å². The van der Waals surface area contributed by atoms with Gasteiger partial charge in [-0.1, -0.05) is 13.8 Å². The average molecular weight is 174 g/mol. The number of nitrogens with zero attached hydrogens (tertiary/aromatic N) is 1. The van der Waals surface area contributed by atoms with Gasteiger partial charge in [-0.25, -0.2) is 0 Å². The van der Waals surface area contributed by atoms with E-state index in [1.165, 1.54) is 0 Å². The smallest absolute Gasteiger partial charge is 0.0110 e. The number of nitrogens with two attached hydrogens (primary N) is 1. The second kappa shape index (κ2) is 9.01. The molecule has 2 heteroatoms. The molecule has 0 aliphatic carbocycles. The third kappa shape index (κ3) is 6.62. The van der Waals surface area contributed by atoms with Crippen molar-refractivity contribution in [3.05, 3.63) is 0 Å². The SMILES string of the molecule is CC.CC(C)N(CCN)C(C)C. The quantitative estimate of drug-likeness (QED) is 0.707. The fraction of sp³-hybridized carbons (Fsp3) is 1.00. The lowest BCUT2D eigenvalue weighted by molar-refractivity contribution is 0.180. The Kier molecular flexibility index (Phi) is 10.8. The van der Waals surface area contributed by atoms with Gasteiger partial charge in [0.05, 0.1) is 0 Å². The Bertz CT molecular complexity index is 71.9. The summed E-state index contributed by atoms with van der Waals surface area (Å²) in [5, 5.41) is 0. The average Bonchev–Trinajstić information content (AvgIpc) is 2.03. The maximum atomic E-state index is 5.46. The Morgan fingerprint density at radius 3 is 1.42 bits per heavy atom. The van der Waals surface area contributed by atoms with E-state index < -0.39 is 0 Å². The zero-order valence-corrected chi connectivity index (χ0v) is 9.59. The van der Waals surface area contributed by atoms with Crippen molar-refractivity contribution in [1.29, 1.82) is 0 Å². The summed E-state index contributed by atoms with van der Waals surface area (Å²) in [5.74, 6) is 0. The maximum Gasteiger partial charge on any atom is 0.0110 e. The molecule has 0 unspecified atom stereocenters. The molecule has 0 bridgehead atoms. The van der Waals surface area contributed by atoms with Crippen LogP contribution in [0.2, 0.25) is 0 Å². The minimum atomic E-state index is 0.614. The molecular weight excluding hydrogens is 148 g/mol. The van der Waals surface area contributed by atoms with E-state index in [0.717, 1.165) is 13.1 Å². The summed E-state index contributed by atoms with van der Waals surface area (Å²) in [6.45, 7) is 14.6. The first-order chi connectivity index (χ1) is 5.59. The van der Waals surface area contributed by atoms with Crippen molar-refractivity contribution >= 4 is 0 Å². The van der Waals surface area contributed by atoms with Gasteiger partial charge in [0, 0.05) is 25.2 Å². The van der Waals surface area contributed by atoms with Gasteiger partial charge in [-0.3, -0.25) is 4.90 Å². The Balaban J connectivity index is 0. The molecule has 76 valence electrons. The number of hydrogen-bond donors (Lipinski definition) is 1. The van der Waals surface area contributed by atoms with Crippen molar-refractivity contribution < 1.29 is 0 Å². The van der Waals surface area contributed by atoms with Crippen LogP contribution >= 0.6 is 0 Å². The van der Waals surface area contributed by atoms with E-state index in [-0.39, 0.29) is 0 Å². The van der Waals surface area contributed by atoms with Gasteiger partial charge in [0.1, 0.15) is 0 Å². The highest BCUT2D eigenvalue weighted by Gasteiger charge is 2.10. The van der Waals surface area contributed by atoms with Gasteiger partial charge in [0.2, 0.25) is 0 Å². The molecule has 0 aromatic rings. The molecule has 0 aliphatic rings. The van der Waals surface area contributed by atoms with Gasteiger partial charge in [0.25, 0.3) is 0 Å². The Hall–Kier alpha value is -0.0800. The molecule has 2 N–H and O–H groups in total. The fourth-order valence-corrected chi connectivity index (χ4v) is 1.26. The highest BCUT2D eigenvalue weighted by molar-refractivity contribution is 4.66. The molecule has 0 amide bonds. The highest BCUT2D eigenvalue weighted by atomic mass is 15.2. The summed E-state index contributed by atoms with van der Waals surface area (Å²) < 4.78 is 0. The molecule has 0 spiro atoms. The Morgan fingerprint density at radius 1 is 1.00 bits per heavy atom. The summed E-state index contributed by atoms with van der Waals surface area (Å²) in [4.78, 5) is 2.39. The third-order valence-corrected chi connectivity index (χ3v) is 1.71. The van der Waals surface area contributed by atoms with Crippen LogP contribution in [0.4, 0.5) is 0 Å². The number of rotatable bonds is 4. The topological polar surface area (TPSA) is 29.3 Å². The van der Waals surface area contributed by atoms with Gasteiger partial charge in [-0.15, -0.1) is 0 Å². The van der Waals surface area contributed by atoms with Crippen molar-refractivity contribution in [2.75, 3.05) is 13.1 Å². The van der Waals surface area contributed by atoms with E-state index in [4.69, 9.17) is 5.73 Å². The van der Waals surface area contributed by atoms with E-state index in [1.54, 1.807) is 0 Å². The monoisotopic (exact) mass is 174 g/mol. The summed E-state index contributed by atoms with van der Waals surface area (Å²) in [6, 6.07) is 1.23. The lowest BCUT2D eigenvalue weighted by Crippen LogP contribution is -2.40. The van der Waals surface area contributed by atoms with Gasteiger partial charge in [-0.2, -0.15) is 0 Å². The molecule has 0 saturated heterocycles. The summed E-state index contributed by atoms with van der Waals surface area (Å²) in [5.41, 5.74) is 5.46. The third-order valence-electron chi connectivity index (χ3n) is 1.71. The summed E-state index contributed by atoms with van der Waals surface area (Å²) in [7, 11) is 0. The molecule has 0 saturated carbocycles. The minimum absolute atomic E-state index is 0.614. The van der Waals surface area contributed by atoms with Crippen LogP contribution in [0.1, 0.15) is 41.5 Å². The van der Waals surface area contributed by atoms with Crippen molar-refractivity contribution in [1.82, 2.24) is 4.90 Å². The highest BCUT2D eigenvalue weighted by Crippen LogP contribution is 2.02. The van der Waals surface area contributed by atoms with Crippen LogP contribution in [0.15, 0.2) is 0 Å². The standard InChI is InChI=1S/C8H20N2.C2H6/c1-7(2)10(6-5-9)8(3)4;1-2/h7-8H,5-6,9H2,1-4H3;1-2H3. The van der Waals surface area contributed by atoms with Crippen molar-refractivity contribution in [2.24, 2.45) is 5.73 Å². The van der Waals surface area contributed by atoms with Crippen molar-refractivity contribution in [2.45, 2.75) is 53.6 Å². The predicted octanol–water partition coefficient (Wildman–Crippen LogP) is 2.09. The lowest BCUT2D eigenvalue weighted by Gasteiger charge is -2.29. The minimum Gasteiger partial charge on any atom is -0.329 e. The molecule has 0 radical (unpaired) electrons. The first kappa shape index (κ1) is 14.4. The lowest BCUT2D eigenvalue weighted by atomic mass is 10.2. The first-order valence-electron chi connectivity index (χ1n) is 5.05. The molecular formula is C10H26N2. The Labute approximate surface area is 78.1 Å². The molecule has 0 aromatic carbocycles. The van der Waals surface area contributed by atoms with Crippen LogP contribution in [0, 0.1) is 0 Å². The molecule has 0 aliphatic heterocycles. The van der Waals surface area contributed by atoms with Gasteiger partial charge in [0.15, 0.2) is 0 Å².